The first-order chi connectivity index (χ1) is 9.63. The van der Waals surface area contributed by atoms with Crippen molar-refractivity contribution >= 4 is 21.6 Å². The van der Waals surface area contributed by atoms with Gasteiger partial charge in [0.2, 0.25) is 0 Å². The van der Waals surface area contributed by atoms with Gasteiger partial charge in [-0.25, -0.2) is 4.39 Å². The first kappa shape index (κ1) is 14.4. The molecule has 20 heavy (non-hydrogen) atoms. The number of ether oxygens (including phenoxy) is 1. The van der Waals surface area contributed by atoms with Gasteiger partial charge in [-0.05, 0) is 51.8 Å². The zero-order valence-corrected chi connectivity index (χ0v) is 12.4. The number of benzene rings is 2. The Bertz CT molecular complexity index is 667. The molecule has 0 saturated heterocycles. The van der Waals surface area contributed by atoms with Gasteiger partial charge in [0.15, 0.2) is 0 Å². The van der Waals surface area contributed by atoms with E-state index in [1.54, 1.807) is 18.2 Å². The summed E-state index contributed by atoms with van der Waals surface area (Å²) in [4.78, 5) is 0. The third-order valence-electron chi connectivity index (χ3n) is 2.80. The van der Waals surface area contributed by atoms with Gasteiger partial charge in [-0.15, -0.1) is 0 Å². The number of methoxy groups -OCH3 is 1. The average Bonchev–Trinajstić information content (AvgIpc) is 2.47. The molecule has 0 spiro atoms. The van der Waals surface area contributed by atoms with Crippen LogP contribution in [0.4, 0.5) is 10.1 Å². The first-order valence-corrected chi connectivity index (χ1v) is 6.69. The molecule has 0 atom stereocenters. The Morgan fingerprint density at radius 1 is 1.30 bits per heavy atom. The molecule has 2 aromatic carbocycles. The summed E-state index contributed by atoms with van der Waals surface area (Å²) < 4.78 is 19.0. The molecule has 2 aromatic rings. The Morgan fingerprint density at radius 3 is 2.80 bits per heavy atom. The van der Waals surface area contributed by atoms with E-state index in [1.807, 2.05) is 6.07 Å². The SMILES string of the molecule is COc1ccc(CNc2cc(F)ccc2Br)cc1C#N. The molecule has 0 aliphatic carbocycles. The number of rotatable bonds is 4. The molecule has 0 radical (unpaired) electrons. The van der Waals surface area contributed by atoms with E-state index in [-0.39, 0.29) is 5.82 Å². The molecule has 0 aliphatic rings. The molecule has 0 saturated carbocycles. The molecular formula is C15H12BrFN2O. The molecule has 3 nitrogen and oxygen atoms in total. The average molecular weight is 335 g/mol. The van der Waals surface area contributed by atoms with Crippen molar-refractivity contribution < 1.29 is 9.13 Å². The standard InChI is InChI=1S/C15H12BrFN2O/c1-20-15-5-2-10(6-11(15)8-18)9-19-14-7-12(17)3-4-13(14)16/h2-7,19H,9H2,1H3. The minimum atomic E-state index is -0.303. The molecule has 2 rings (SSSR count). The van der Waals surface area contributed by atoms with Gasteiger partial charge < -0.3 is 10.1 Å². The van der Waals surface area contributed by atoms with Crippen LogP contribution in [-0.2, 0) is 6.54 Å². The summed E-state index contributed by atoms with van der Waals surface area (Å²) in [6.07, 6.45) is 0. The van der Waals surface area contributed by atoms with E-state index in [9.17, 15) is 4.39 Å². The maximum absolute atomic E-state index is 13.2. The smallest absolute Gasteiger partial charge is 0.136 e. The van der Waals surface area contributed by atoms with Gasteiger partial charge in [0.05, 0.1) is 18.4 Å². The Labute approximate surface area is 125 Å². The van der Waals surface area contributed by atoms with Crippen LogP contribution in [0.5, 0.6) is 5.75 Å². The van der Waals surface area contributed by atoms with Crippen molar-refractivity contribution in [2.24, 2.45) is 0 Å². The lowest BCUT2D eigenvalue weighted by Crippen LogP contribution is -2.01. The van der Waals surface area contributed by atoms with Crippen LogP contribution >= 0.6 is 15.9 Å². The Balaban J connectivity index is 2.15. The zero-order chi connectivity index (χ0) is 14.5. The van der Waals surface area contributed by atoms with Gasteiger partial charge in [0.25, 0.3) is 0 Å². The molecular weight excluding hydrogens is 323 g/mol. The van der Waals surface area contributed by atoms with Crippen LogP contribution in [0, 0.1) is 17.1 Å². The second-order valence-electron chi connectivity index (χ2n) is 4.12. The van der Waals surface area contributed by atoms with E-state index >= 15 is 0 Å². The highest BCUT2D eigenvalue weighted by Crippen LogP contribution is 2.24. The summed E-state index contributed by atoms with van der Waals surface area (Å²) in [5.74, 6) is 0.242. The number of nitriles is 1. The molecule has 0 fully saturated rings. The molecule has 102 valence electrons. The molecule has 0 heterocycles. The van der Waals surface area contributed by atoms with Crippen molar-refractivity contribution in [2.75, 3.05) is 12.4 Å². The minimum absolute atomic E-state index is 0.303. The normalized spacial score (nSPS) is 9.90. The van der Waals surface area contributed by atoms with E-state index in [1.165, 1.54) is 19.2 Å². The second-order valence-corrected chi connectivity index (χ2v) is 4.98. The maximum Gasteiger partial charge on any atom is 0.136 e. The van der Waals surface area contributed by atoms with Crippen LogP contribution in [-0.4, -0.2) is 7.11 Å². The third kappa shape index (κ3) is 3.28. The molecule has 0 amide bonds. The molecule has 0 aliphatic heterocycles. The largest absolute Gasteiger partial charge is 0.495 e. The van der Waals surface area contributed by atoms with Crippen LogP contribution in [0.1, 0.15) is 11.1 Å². The van der Waals surface area contributed by atoms with Crippen LogP contribution in [0.25, 0.3) is 0 Å². The lowest BCUT2D eigenvalue weighted by Gasteiger charge is -2.10. The van der Waals surface area contributed by atoms with E-state index in [2.05, 4.69) is 27.3 Å². The van der Waals surface area contributed by atoms with Crippen molar-refractivity contribution in [3.63, 3.8) is 0 Å². The zero-order valence-electron chi connectivity index (χ0n) is 10.8. The lowest BCUT2D eigenvalue weighted by atomic mass is 10.1. The predicted octanol–water partition coefficient (Wildman–Crippen LogP) is 4.08. The fraction of sp³-hybridized carbons (Fsp3) is 0.133. The number of nitrogens with one attached hydrogen (secondary N) is 1. The van der Waals surface area contributed by atoms with Crippen molar-refractivity contribution in [2.45, 2.75) is 6.54 Å². The summed E-state index contributed by atoms with van der Waals surface area (Å²) >= 11 is 3.35. The van der Waals surface area contributed by atoms with Crippen LogP contribution < -0.4 is 10.1 Å². The van der Waals surface area contributed by atoms with Crippen LogP contribution in [0.15, 0.2) is 40.9 Å². The molecule has 1 N–H and O–H groups in total. The Hall–Kier alpha value is -2.06. The molecule has 0 unspecified atom stereocenters. The van der Waals surface area contributed by atoms with Gasteiger partial charge in [-0.2, -0.15) is 5.26 Å². The van der Waals surface area contributed by atoms with Crippen molar-refractivity contribution in [1.82, 2.24) is 0 Å². The highest BCUT2D eigenvalue weighted by atomic mass is 79.9. The Kier molecular flexibility index (Phi) is 4.59. The van der Waals surface area contributed by atoms with Gasteiger partial charge in [-0.1, -0.05) is 6.07 Å². The lowest BCUT2D eigenvalue weighted by molar-refractivity contribution is 0.413. The van der Waals surface area contributed by atoms with E-state index in [0.29, 0.717) is 23.5 Å². The summed E-state index contributed by atoms with van der Waals surface area (Å²) in [6, 6.07) is 11.9. The highest BCUT2D eigenvalue weighted by Gasteiger charge is 2.05. The molecule has 5 heteroatoms. The van der Waals surface area contributed by atoms with Crippen LogP contribution in [0.2, 0.25) is 0 Å². The second kappa shape index (κ2) is 6.40. The Morgan fingerprint density at radius 2 is 2.10 bits per heavy atom. The van der Waals surface area contributed by atoms with Gasteiger partial charge in [0, 0.05) is 11.0 Å². The van der Waals surface area contributed by atoms with Crippen molar-refractivity contribution in [3.8, 4) is 11.8 Å². The number of nitrogens with zero attached hydrogens (tertiary/aromatic N) is 1. The minimum Gasteiger partial charge on any atom is -0.495 e. The summed E-state index contributed by atoms with van der Waals surface area (Å²) in [5.41, 5.74) is 2.06. The fourth-order valence-electron chi connectivity index (χ4n) is 1.78. The number of anilines is 1. The summed E-state index contributed by atoms with van der Waals surface area (Å²) in [6.45, 7) is 0.487. The molecule has 0 bridgehead atoms. The quantitative estimate of drug-likeness (QED) is 0.916. The number of halogens is 2. The van der Waals surface area contributed by atoms with Gasteiger partial charge >= 0.3 is 0 Å². The highest BCUT2D eigenvalue weighted by molar-refractivity contribution is 9.10. The molecule has 0 aromatic heterocycles. The van der Waals surface area contributed by atoms with Gasteiger partial charge in [-0.3, -0.25) is 0 Å². The van der Waals surface area contributed by atoms with Crippen molar-refractivity contribution in [3.05, 3.63) is 57.8 Å². The number of hydrogen-bond acceptors (Lipinski definition) is 3. The van der Waals surface area contributed by atoms with E-state index < -0.39 is 0 Å². The number of hydrogen-bond donors (Lipinski definition) is 1. The summed E-state index contributed by atoms with van der Waals surface area (Å²) in [7, 11) is 1.53. The van der Waals surface area contributed by atoms with Crippen molar-refractivity contribution in [1.29, 1.82) is 5.26 Å². The fourth-order valence-corrected chi connectivity index (χ4v) is 2.17. The van der Waals surface area contributed by atoms with E-state index in [0.717, 1.165) is 10.0 Å². The first-order valence-electron chi connectivity index (χ1n) is 5.90. The van der Waals surface area contributed by atoms with Gasteiger partial charge in [0.1, 0.15) is 17.6 Å². The van der Waals surface area contributed by atoms with E-state index in [4.69, 9.17) is 10.00 Å². The monoisotopic (exact) mass is 334 g/mol. The summed E-state index contributed by atoms with van der Waals surface area (Å²) in [5, 5.41) is 12.2. The van der Waals surface area contributed by atoms with Crippen LogP contribution in [0.3, 0.4) is 0 Å². The topological polar surface area (TPSA) is 45.0 Å². The maximum atomic E-state index is 13.2. The predicted molar refractivity (Wildman–Crippen MR) is 79.1 cm³/mol. The third-order valence-corrected chi connectivity index (χ3v) is 3.49.